The largest absolute Gasteiger partial charge is 0.481 e. The third kappa shape index (κ3) is 2.47. The number of hydrogen-bond donors (Lipinski definition) is 1. The zero-order chi connectivity index (χ0) is 12.4. The summed E-state index contributed by atoms with van der Waals surface area (Å²) in [7, 11) is 3.42. The van der Waals surface area contributed by atoms with Gasteiger partial charge in [-0.3, -0.25) is 0 Å². The maximum Gasteiger partial charge on any atom is 0.224 e. The minimum Gasteiger partial charge on any atom is -0.481 e. The predicted molar refractivity (Wildman–Crippen MR) is 62.9 cm³/mol. The molecule has 8 heteroatoms. The first kappa shape index (κ1) is 11.6. The van der Waals surface area contributed by atoms with E-state index in [-0.39, 0.29) is 5.95 Å². The predicted octanol–water partition coefficient (Wildman–Crippen LogP) is 0.656. The molecule has 2 rings (SSSR count). The molecule has 0 amide bonds. The van der Waals surface area contributed by atoms with Crippen molar-refractivity contribution in [3.63, 3.8) is 0 Å². The Labute approximate surface area is 102 Å². The second kappa shape index (κ2) is 4.58. The van der Waals surface area contributed by atoms with Crippen LogP contribution < -0.4 is 10.5 Å². The van der Waals surface area contributed by atoms with Crippen LogP contribution in [0.15, 0.2) is 16.2 Å². The smallest absolute Gasteiger partial charge is 0.224 e. The van der Waals surface area contributed by atoms with Gasteiger partial charge in [-0.15, -0.1) is 10.2 Å². The number of rotatable bonds is 3. The van der Waals surface area contributed by atoms with E-state index in [2.05, 4.69) is 20.2 Å². The quantitative estimate of drug-likeness (QED) is 0.802. The highest BCUT2D eigenvalue weighted by Gasteiger charge is 2.10. The monoisotopic (exact) mass is 252 g/mol. The molecular formula is C9H12N6OS. The molecule has 0 bridgehead atoms. The summed E-state index contributed by atoms with van der Waals surface area (Å²) in [6, 6.07) is 1.70. The standard InChI is InChI=1S/C9H12N6OS/c1-5-13-14-9(15(5)2)17-7-4-6(16-3)11-8(10)12-7/h4H,1-3H3,(H2,10,11,12). The van der Waals surface area contributed by atoms with Crippen molar-refractivity contribution in [3.8, 4) is 5.88 Å². The highest BCUT2D eigenvalue weighted by Crippen LogP contribution is 2.26. The molecule has 0 fully saturated rings. The summed E-state index contributed by atoms with van der Waals surface area (Å²) < 4.78 is 6.89. The maximum absolute atomic E-state index is 5.57. The van der Waals surface area contributed by atoms with Gasteiger partial charge in [-0.2, -0.15) is 4.98 Å². The normalized spacial score (nSPS) is 10.5. The number of methoxy groups -OCH3 is 1. The van der Waals surface area contributed by atoms with Crippen LogP contribution in [-0.4, -0.2) is 31.8 Å². The SMILES string of the molecule is COc1cc(Sc2nnc(C)n2C)nc(N)n1. The summed E-state index contributed by atoms with van der Waals surface area (Å²) in [4.78, 5) is 8.01. The van der Waals surface area contributed by atoms with Gasteiger partial charge in [0.25, 0.3) is 0 Å². The zero-order valence-corrected chi connectivity index (χ0v) is 10.5. The number of aromatic nitrogens is 5. The van der Waals surface area contributed by atoms with E-state index >= 15 is 0 Å². The van der Waals surface area contributed by atoms with Crippen molar-refractivity contribution in [2.75, 3.05) is 12.8 Å². The summed E-state index contributed by atoms with van der Waals surface area (Å²) >= 11 is 1.36. The molecule has 17 heavy (non-hydrogen) atoms. The van der Waals surface area contributed by atoms with Crippen molar-refractivity contribution in [1.29, 1.82) is 0 Å². The lowest BCUT2D eigenvalue weighted by atomic mass is 10.6. The van der Waals surface area contributed by atoms with Gasteiger partial charge in [0.1, 0.15) is 10.9 Å². The van der Waals surface area contributed by atoms with E-state index in [0.717, 1.165) is 11.0 Å². The molecule has 0 aliphatic heterocycles. The Morgan fingerprint density at radius 1 is 1.35 bits per heavy atom. The van der Waals surface area contributed by atoms with Gasteiger partial charge in [-0.1, -0.05) is 0 Å². The van der Waals surface area contributed by atoms with E-state index in [1.165, 1.54) is 18.9 Å². The van der Waals surface area contributed by atoms with Gasteiger partial charge in [-0.25, -0.2) is 4.98 Å². The number of hydrogen-bond acceptors (Lipinski definition) is 7. The van der Waals surface area contributed by atoms with E-state index < -0.39 is 0 Å². The Kier molecular flexibility index (Phi) is 3.14. The van der Waals surface area contributed by atoms with Crippen molar-refractivity contribution >= 4 is 17.7 Å². The average Bonchev–Trinajstić information content (AvgIpc) is 2.60. The third-order valence-electron chi connectivity index (χ3n) is 2.15. The molecule has 0 saturated carbocycles. The number of aryl methyl sites for hydroxylation is 1. The van der Waals surface area contributed by atoms with Crippen molar-refractivity contribution in [2.24, 2.45) is 7.05 Å². The number of anilines is 1. The Morgan fingerprint density at radius 2 is 2.12 bits per heavy atom. The number of nitrogens with two attached hydrogens (primary N) is 1. The first-order valence-electron chi connectivity index (χ1n) is 4.82. The first-order chi connectivity index (χ1) is 8.10. The summed E-state index contributed by atoms with van der Waals surface area (Å²) in [5, 5.41) is 9.40. The Hall–Kier alpha value is -1.83. The molecule has 2 heterocycles. The average molecular weight is 252 g/mol. The van der Waals surface area contributed by atoms with E-state index in [1.807, 2.05) is 18.5 Å². The minimum atomic E-state index is 0.172. The van der Waals surface area contributed by atoms with Gasteiger partial charge < -0.3 is 15.0 Å². The molecule has 2 aromatic heterocycles. The van der Waals surface area contributed by atoms with Gasteiger partial charge in [0, 0.05) is 13.1 Å². The minimum absolute atomic E-state index is 0.172. The van der Waals surface area contributed by atoms with Crippen LogP contribution in [-0.2, 0) is 7.05 Å². The molecule has 0 atom stereocenters. The van der Waals surface area contributed by atoms with E-state index in [0.29, 0.717) is 10.9 Å². The molecule has 0 aromatic carbocycles. The van der Waals surface area contributed by atoms with Crippen LogP contribution >= 0.6 is 11.8 Å². The van der Waals surface area contributed by atoms with Crippen LogP contribution in [0.2, 0.25) is 0 Å². The molecule has 0 spiro atoms. The van der Waals surface area contributed by atoms with E-state index in [1.54, 1.807) is 6.07 Å². The van der Waals surface area contributed by atoms with Crippen molar-refractivity contribution < 1.29 is 4.74 Å². The summed E-state index contributed by atoms with van der Waals surface area (Å²) in [5.74, 6) is 1.44. The molecular weight excluding hydrogens is 240 g/mol. The molecule has 0 unspecified atom stereocenters. The molecule has 7 nitrogen and oxygen atoms in total. The van der Waals surface area contributed by atoms with Gasteiger partial charge >= 0.3 is 0 Å². The lowest BCUT2D eigenvalue weighted by molar-refractivity contribution is 0.396. The lowest BCUT2D eigenvalue weighted by Crippen LogP contribution is -1.99. The topological polar surface area (TPSA) is 91.7 Å². The first-order valence-corrected chi connectivity index (χ1v) is 5.64. The van der Waals surface area contributed by atoms with Crippen molar-refractivity contribution in [2.45, 2.75) is 17.1 Å². The number of nitrogen functional groups attached to an aromatic ring is 1. The molecule has 2 N–H and O–H groups in total. The molecule has 90 valence electrons. The summed E-state index contributed by atoms with van der Waals surface area (Å²) in [5.41, 5.74) is 5.57. The van der Waals surface area contributed by atoms with E-state index in [9.17, 15) is 0 Å². The molecule has 0 saturated heterocycles. The fraction of sp³-hybridized carbons (Fsp3) is 0.333. The molecule has 0 aliphatic rings. The maximum atomic E-state index is 5.57. The second-order valence-electron chi connectivity index (χ2n) is 3.30. The highest BCUT2D eigenvalue weighted by atomic mass is 32.2. The van der Waals surface area contributed by atoms with Crippen LogP contribution in [0.1, 0.15) is 5.82 Å². The number of nitrogens with zero attached hydrogens (tertiary/aromatic N) is 5. The van der Waals surface area contributed by atoms with E-state index in [4.69, 9.17) is 10.5 Å². The lowest BCUT2D eigenvalue weighted by Gasteiger charge is -2.04. The third-order valence-corrected chi connectivity index (χ3v) is 3.11. The fourth-order valence-electron chi connectivity index (χ4n) is 1.15. The van der Waals surface area contributed by atoms with Gasteiger partial charge in [0.2, 0.25) is 11.8 Å². The Balaban J connectivity index is 2.29. The Morgan fingerprint density at radius 3 is 2.71 bits per heavy atom. The van der Waals surface area contributed by atoms with Gasteiger partial charge in [0.15, 0.2) is 5.16 Å². The highest BCUT2D eigenvalue weighted by molar-refractivity contribution is 7.99. The van der Waals surface area contributed by atoms with Crippen LogP contribution in [0, 0.1) is 6.92 Å². The van der Waals surface area contributed by atoms with Crippen LogP contribution in [0.3, 0.4) is 0 Å². The fourth-order valence-corrected chi connectivity index (χ4v) is 1.98. The summed E-state index contributed by atoms with van der Waals surface area (Å²) in [6.45, 7) is 1.88. The van der Waals surface area contributed by atoms with Crippen LogP contribution in [0.5, 0.6) is 5.88 Å². The van der Waals surface area contributed by atoms with Crippen LogP contribution in [0.25, 0.3) is 0 Å². The summed E-state index contributed by atoms with van der Waals surface area (Å²) in [6.07, 6.45) is 0. The molecule has 0 aliphatic carbocycles. The van der Waals surface area contributed by atoms with Gasteiger partial charge in [0.05, 0.1) is 7.11 Å². The van der Waals surface area contributed by atoms with Crippen LogP contribution in [0.4, 0.5) is 5.95 Å². The van der Waals surface area contributed by atoms with Gasteiger partial charge in [-0.05, 0) is 18.7 Å². The molecule has 2 aromatic rings. The second-order valence-corrected chi connectivity index (χ2v) is 4.29. The number of ether oxygens (including phenoxy) is 1. The van der Waals surface area contributed by atoms with Crippen molar-refractivity contribution in [1.82, 2.24) is 24.7 Å². The Bertz CT molecular complexity index is 540. The zero-order valence-electron chi connectivity index (χ0n) is 9.71. The molecule has 0 radical (unpaired) electrons. The van der Waals surface area contributed by atoms with Crippen molar-refractivity contribution in [3.05, 3.63) is 11.9 Å².